The Hall–Kier alpha value is -1.51. The molecule has 1 N–H and O–H groups in total. The summed E-state index contributed by atoms with van der Waals surface area (Å²) in [4.78, 5) is 10.8. The van der Waals surface area contributed by atoms with Gasteiger partial charge in [-0.2, -0.15) is 0 Å². The van der Waals surface area contributed by atoms with Gasteiger partial charge in [0.25, 0.3) is 0 Å². The zero-order valence-electron chi connectivity index (χ0n) is 11.6. The molecule has 0 atom stereocenters. The summed E-state index contributed by atoms with van der Waals surface area (Å²) in [7, 11) is 0. The number of aryl methyl sites for hydroxylation is 1. The van der Waals surface area contributed by atoms with E-state index in [-0.39, 0.29) is 5.41 Å². The Morgan fingerprint density at radius 2 is 2.00 bits per heavy atom. The lowest BCUT2D eigenvalue weighted by molar-refractivity contribution is 0.143. The molecule has 0 aromatic heterocycles. The highest BCUT2D eigenvalue weighted by molar-refractivity contribution is 5.63. The minimum absolute atomic E-state index is 0.0772. The molecule has 0 bridgehead atoms. The van der Waals surface area contributed by atoms with Crippen LogP contribution in [0.4, 0.5) is 4.79 Å². The van der Waals surface area contributed by atoms with Crippen LogP contribution in [0.25, 0.3) is 0 Å². The fraction of sp³-hybridized carbons (Fsp3) is 0.533. The fourth-order valence-corrected chi connectivity index (χ4v) is 2.57. The summed E-state index contributed by atoms with van der Waals surface area (Å²) in [5.41, 5.74) is 2.11. The average molecular weight is 250 g/mol. The summed E-state index contributed by atoms with van der Waals surface area (Å²) < 4.78 is 4.94. The second-order valence-electron chi connectivity index (χ2n) is 5.15. The minimum Gasteiger partial charge on any atom is -0.449 e. The van der Waals surface area contributed by atoms with Gasteiger partial charge >= 0.3 is 6.16 Å². The lowest BCUT2D eigenvalue weighted by atomic mass is 9.77. The fourth-order valence-electron chi connectivity index (χ4n) is 2.57. The number of rotatable bonds is 5. The van der Waals surface area contributed by atoms with Crippen LogP contribution in [0.5, 0.6) is 5.75 Å². The smallest absolute Gasteiger partial charge is 0.449 e. The zero-order chi connectivity index (χ0) is 13.8. The molecule has 0 fully saturated rings. The maximum Gasteiger partial charge on any atom is 0.511 e. The van der Waals surface area contributed by atoms with Crippen LogP contribution in [-0.4, -0.2) is 11.3 Å². The van der Waals surface area contributed by atoms with Crippen molar-refractivity contribution in [2.24, 2.45) is 0 Å². The van der Waals surface area contributed by atoms with E-state index in [2.05, 4.69) is 27.7 Å². The van der Waals surface area contributed by atoms with Crippen LogP contribution in [-0.2, 0) is 11.8 Å². The van der Waals surface area contributed by atoms with Crippen molar-refractivity contribution >= 4 is 6.16 Å². The predicted molar refractivity (Wildman–Crippen MR) is 72.4 cm³/mol. The molecular formula is C15H22O3. The van der Waals surface area contributed by atoms with E-state index in [0.29, 0.717) is 5.75 Å². The van der Waals surface area contributed by atoms with Gasteiger partial charge < -0.3 is 9.84 Å². The highest BCUT2D eigenvalue weighted by Crippen LogP contribution is 2.38. The molecular weight excluding hydrogens is 228 g/mol. The quantitative estimate of drug-likeness (QED) is 0.623. The number of hydrogen-bond donors (Lipinski definition) is 1. The molecule has 0 amide bonds. The van der Waals surface area contributed by atoms with Gasteiger partial charge in [-0.05, 0) is 29.9 Å². The Kier molecular flexibility index (Phi) is 4.76. The predicted octanol–water partition coefficient (Wildman–Crippen LogP) is 4.38. The number of benzene rings is 1. The molecule has 0 aliphatic carbocycles. The lowest BCUT2D eigenvalue weighted by Crippen LogP contribution is -2.21. The highest BCUT2D eigenvalue weighted by Gasteiger charge is 2.27. The van der Waals surface area contributed by atoms with Crippen LogP contribution in [0.3, 0.4) is 0 Å². The maximum absolute atomic E-state index is 10.8. The highest BCUT2D eigenvalue weighted by atomic mass is 16.7. The van der Waals surface area contributed by atoms with Gasteiger partial charge in [-0.25, -0.2) is 4.79 Å². The minimum atomic E-state index is -1.25. The first-order chi connectivity index (χ1) is 8.42. The number of carboxylic acid groups (broad SMARTS) is 1. The number of hydrogen-bond acceptors (Lipinski definition) is 2. The van der Waals surface area contributed by atoms with Crippen molar-refractivity contribution in [1.82, 2.24) is 0 Å². The van der Waals surface area contributed by atoms with Gasteiger partial charge in [-0.15, -0.1) is 0 Å². The normalized spacial score (nSPS) is 11.3. The summed E-state index contributed by atoms with van der Waals surface area (Å²) >= 11 is 0. The molecule has 100 valence electrons. The molecule has 0 unspecified atom stereocenters. The van der Waals surface area contributed by atoms with Gasteiger partial charge in [0, 0.05) is 5.56 Å². The van der Waals surface area contributed by atoms with E-state index in [9.17, 15) is 4.79 Å². The summed E-state index contributed by atoms with van der Waals surface area (Å²) in [5, 5.41) is 8.83. The monoisotopic (exact) mass is 250 g/mol. The molecule has 0 aliphatic heterocycles. The van der Waals surface area contributed by atoms with Gasteiger partial charge in [0.15, 0.2) is 0 Å². The van der Waals surface area contributed by atoms with Gasteiger partial charge in [0.1, 0.15) is 5.75 Å². The van der Waals surface area contributed by atoms with Crippen molar-refractivity contribution in [3.63, 3.8) is 0 Å². The van der Waals surface area contributed by atoms with Crippen LogP contribution in [0.2, 0.25) is 0 Å². The van der Waals surface area contributed by atoms with Gasteiger partial charge in [0.05, 0.1) is 0 Å². The van der Waals surface area contributed by atoms with Gasteiger partial charge in [-0.1, -0.05) is 46.2 Å². The first-order valence-electron chi connectivity index (χ1n) is 6.45. The van der Waals surface area contributed by atoms with E-state index in [0.717, 1.165) is 30.4 Å². The topological polar surface area (TPSA) is 46.5 Å². The van der Waals surface area contributed by atoms with E-state index >= 15 is 0 Å². The largest absolute Gasteiger partial charge is 0.511 e. The first-order valence-corrected chi connectivity index (χ1v) is 6.45. The van der Waals surface area contributed by atoms with Crippen molar-refractivity contribution in [1.29, 1.82) is 0 Å². The third-order valence-electron chi connectivity index (χ3n) is 3.24. The van der Waals surface area contributed by atoms with E-state index in [1.54, 1.807) is 6.07 Å². The van der Waals surface area contributed by atoms with Crippen LogP contribution in [0, 0.1) is 0 Å². The van der Waals surface area contributed by atoms with Crippen LogP contribution < -0.4 is 4.74 Å². The lowest BCUT2D eigenvalue weighted by Gasteiger charge is -2.29. The maximum atomic E-state index is 10.8. The summed E-state index contributed by atoms with van der Waals surface area (Å²) in [6.07, 6.45) is 1.67. The van der Waals surface area contributed by atoms with Crippen molar-refractivity contribution in [2.75, 3.05) is 0 Å². The van der Waals surface area contributed by atoms with Gasteiger partial charge in [0.2, 0.25) is 0 Å². The molecule has 0 aliphatic rings. The Morgan fingerprint density at radius 3 is 2.50 bits per heavy atom. The van der Waals surface area contributed by atoms with Crippen LogP contribution >= 0.6 is 0 Å². The SMILES string of the molecule is CCCC(C)(C)c1c(CC)cccc1OC(=O)O. The van der Waals surface area contributed by atoms with E-state index in [4.69, 9.17) is 9.84 Å². The number of ether oxygens (including phenoxy) is 1. The summed E-state index contributed by atoms with van der Waals surface area (Å²) in [5.74, 6) is 0.473. The van der Waals surface area contributed by atoms with Crippen LogP contribution in [0.1, 0.15) is 51.7 Å². The third-order valence-corrected chi connectivity index (χ3v) is 3.24. The third kappa shape index (κ3) is 3.25. The Morgan fingerprint density at radius 1 is 1.33 bits per heavy atom. The standard InChI is InChI=1S/C15H22O3/c1-5-10-15(3,4)13-11(6-2)8-7-9-12(13)18-14(16)17/h7-9H,5-6,10H2,1-4H3,(H,16,17). The first kappa shape index (κ1) is 14.6. The molecule has 0 saturated carbocycles. The number of carbonyl (C=O) groups is 1. The average Bonchev–Trinajstić information content (AvgIpc) is 2.27. The van der Waals surface area contributed by atoms with Crippen LogP contribution in [0.15, 0.2) is 18.2 Å². The van der Waals surface area contributed by atoms with Crippen molar-refractivity contribution in [2.45, 2.75) is 52.4 Å². The molecule has 1 aromatic carbocycles. The Bertz CT molecular complexity index is 422. The molecule has 0 spiro atoms. The van der Waals surface area contributed by atoms with E-state index in [1.165, 1.54) is 0 Å². The Labute approximate surface area is 109 Å². The summed E-state index contributed by atoms with van der Waals surface area (Å²) in [6, 6.07) is 5.63. The van der Waals surface area contributed by atoms with Crippen molar-refractivity contribution in [3.05, 3.63) is 29.3 Å². The van der Waals surface area contributed by atoms with Gasteiger partial charge in [-0.3, -0.25) is 0 Å². The summed E-state index contributed by atoms with van der Waals surface area (Å²) in [6.45, 7) is 8.48. The zero-order valence-corrected chi connectivity index (χ0v) is 11.6. The second-order valence-corrected chi connectivity index (χ2v) is 5.15. The molecule has 0 heterocycles. The van der Waals surface area contributed by atoms with Crippen molar-refractivity contribution in [3.8, 4) is 5.75 Å². The molecule has 0 saturated heterocycles. The Balaban J connectivity index is 3.31. The van der Waals surface area contributed by atoms with E-state index < -0.39 is 6.16 Å². The molecule has 0 radical (unpaired) electrons. The molecule has 1 aromatic rings. The molecule has 1 rings (SSSR count). The second kappa shape index (κ2) is 5.89. The van der Waals surface area contributed by atoms with E-state index in [1.807, 2.05) is 12.1 Å². The molecule has 3 nitrogen and oxygen atoms in total. The molecule has 3 heteroatoms. The molecule has 18 heavy (non-hydrogen) atoms. The van der Waals surface area contributed by atoms with Crippen molar-refractivity contribution < 1.29 is 14.6 Å².